The Hall–Kier alpha value is -1.01. The van der Waals surface area contributed by atoms with E-state index in [0.29, 0.717) is 16.9 Å². The zero-order chi connectivity index (χ0) is 9.68. The fraction of sp³-hybridized carbons (Fsp3) is 0.300. The Morgan fingerprint density at radius 1 is 1.54 bits per heavy atom. The molecular weight excluding hydrogens is 185 g/mol. The fourth-order valence-electron chi connectivity index (χ4n) is 0.946. The highest BCUT2D eigenvalue weighted by Gasteiger charge is 2.02. The Labute approximate surface area is 81.6 Å². The molecule has 0 aliphatic heterocycles. The molecule has 0 N–H and O–H groups in total. The Morgan fingerprint density at radius 3 is 2.85 bits per heavy atom. The van der Waals surface area contributed by atoms with Crippen LogP contribution in [0.15, 0.2) is 18.2 Å². The van der Waals surface area contributed by atoms with Gasteiger partial charge in [0, 0.05) is 5.75 Å². The van der Waals surface area contributed by atoms with Crippen LogP contribution in [0.1, 0.15) is 18.1 Å². The maximum absolute atomic E-state index is 13.2. The van der Waals surface area contributed by atoms with Crippen LogP contribution in [-0.2, 0) is 5.75 Å². The second-order valence-corrected chi connectivity index (χ2v) is 3.83. The highest BCUT2D eigenvalue weighted by molar-refractivity contribution is 7.98. The molecule has 1 aromatic carbocycles. The molecule has 0 amide bonds. The van der Waals surface area contributed by atoms with Crippen molar-refractivity contribution in [3.63, 3.8) is 0 Å². The lowest BCUT2D eigenvalue weighted by Crippen LogP contribution is -1.89. The maximum atomic E-state index is 13.2. The van der Waals surface area contributed by atoms with Gasteiger partial charge in [-0.05, 0) is 23.4 Å². The summed E-state index contributed by atoms with van der Waals surface area (Å²) in [7, 11) is 0. The van der Waals surface area contributed by atoms with Crippen molar-refractivity contribution in [3.8, 4) is 6.07 Å². The molecule has 0 aliphatic rings. The lowest BCUT2D eigenvalue weighted by atomic mass is 10.1. The number of benzene rings is 1. The van der Waals surface area contributed by atoms with Crippen molar-refractivity contribution in [2.45, 2.75) is 12.7 Å². The molecule has 1 nitrogen and oxygen atoms in total. The number of nitriles is 1. The van der Waals surface area contributed by atoms with Crippen LogP contribution in [0, 0.1) is 17.1 Å². The second kappa shape index (κ2) is 4.88. The predicted octanol–water partition coefficient (Wildman–Crippen LogP) is 2.95. The first kappa shape index (κ1) is 10.1. The summed E-state index contributed by atoms with van der Waals surface area (Å²) in [5.74, 6) is 1.37. The molecular formula is C10H10FNS. The zero-order valence-electron chi connectivity index (χ0n) is 7.38. The van der Waals surface area contributed by atoms with E-state index in [9.17, 15) is 4.39 Å². The smallest absolute Gasteiger partial charge is 0.128 e. The van der Waals surface area contributed by atoms with Crippen molar-refractivity contribution >= 4 is 11.8 Å². The molecule has 1 aromatic rings. The Balaban J connectivity index is 2.81. The van der Waals surface area contributed by atoms with Crippen LogP contribution in [0.5, 0.6) is 0 Å². The van der Waals surface area contributed by atoms with Gasteiger partial charge < -0.3 is 0 Å². The summed E-state index contributed by atoms with van der Waals surface area (Å²) in [6, 6.07) is 6.51. The SMILES string of the molecule is CCSCc1ccc(C#N)cc1F. The first-order chi connectivity index (χ1) is 6.27. The molecule has 68 valence electrons. The largest absolute Gasteiger partial charge is 0.207 e. The number of hydrogen-bond donors (Lipinski definition) is 0. The summed E-state index contributed by atoms with van der Waals surface area (Å²) < 4.78 is 13.2. The summed E-state index contributed by atoms with van der Waals surface area (Å²) >= 11 is 1.67. The van der Waals surface area contributed by atoms with Crippen LogP contribution < -0.4 is 0 Å². The predicted molar refractivity (Wildman–Crippen MR) is 53.0 cm³/mol. The fourth-order valence-corrected chi connectivity index (χ4v) is 1.60. The molecule has 0 unspecified atom stereocenters. The van der Waals surface area contributed by atoms with E-state index >= 15 is 0 Å². The number of thioether (sulfide) groups is 1. The highest BCUT2D eigenvalue weighted by atomic mass is 32.2. The van der Waals surface area contributed by atoms with Gasteiger partial charge in [-0.1, -0.05) is 13.0 Å². The Kier molecular flexibility index (Phi) is 3.78. The minimum absolute atomic E-state index is 0.278. The molecule has 0 fully saturated rings. The molecule has 0 aromatic heterocycles. The first-order valence-corrected chi connectivity index (χ1v) is 5.19. The van der Waals surface area contributed by atoms with Gasteiger partial charge in [-0.25, -0.2) is 4.39 Å². The molecule has 13 heavy (non-hydrogen) atoms. The first-order valence-electron chi connectivity index (χ1n) is 4.04. The van der Waals surface area contributed by atoms with Crippen LogP contribution in [0.4, 0.5) is 4.39 Å². The Bertz CT molecular complexity index is 330. The standard InChI is InChI=1S/C10H10FNS/c1-2-13-7-9-4-3-8(6-12)5-10(9)11/h3-5H,2,7H2,1H3. The molecule has 0 saturated carbocycles. The van der Waals surface area contributed by atoms with Gasteiger partial charge in [-0.15, -0.1) is 0 Å². The van der Waals surface area contributed by atoms with Gasteiger partial charge in [0.15, 0.2) is 0 Å². The van der Waals surface area contributed by atoms with Gasteiger partial charge in [-0.2, -0.15) is 17.0 Å². The monoisotopic (exact) mass is 195 g/mol. The molecule has 0 saturated heterocycles. The van der Waals surface area contributed by atoms with Gasteiger partial charge in [-0.3, -0.25) is 0 Å². The van der Waals surface area contributed by atoms with E-state index in [2.05, 4.69) is 0 Å². The van der Waals surface area contributed by atoms with Crippen LogP contribution in [0.2, 0.25) is 0 Å². The van der Waals surface area contributed by atoms with E-state index in [0.717, 1.165) is 5.75 Å². The van der Waals surface area contributed by atoms with Crippen LogP contribution in [0.25, 0.3) is 0 Å². The molecule has 0 bridgehead atoms. The topological polar surface area (TPSA) is 23.8 Å². The zero-order valence-corrected chi connectivity index (χ0v) is 8.20. The average Bonchev–Trinajstić information content (AvgIpc) is 2.16. The summed E-state index contributed by atoms with van der Waals surface area (Å²) in [5, 5.41) is 8.51. The maximum Gasteiger partial charge on any atom is 0.128 e. The van der Waals surface area contributed by atoms with Crippen LogP contribution >= 0.6 is 11.8 Å². The third-order valence-electron chi connectivity index (χ3n) is 1.64. The van der Waals surface area contributed by atoms with Gasteiger partial charge in [0.1, 0.15) is 5.82 Å². The number of hydrogen-bond acceptors (Lipinski definition) is 2. The lowest BCUT2D eigenvalue weighted by molar-refractivity contribution is 0.617. The summed E-state index contributed by atoms with van der Waals surface area (Å²) in [4.78, 5) is 0. The van der Waals surface area contributed by atoms with Crippen molar-refractivity contribution in [1.29, 1.82) is 5.26 Å². The van der Waals surface area contributed by atoms with Gasteiger partial charge in [0.2, 0.25) is 0 Å². The summed E-state index contributed by atoms with van der Waals surface area (Å²) in [6.45, 7) is 2.03. The van der Waals surface area contributed by atoms with Gasteiger partial charge in [0.25, 0.3) is 0 Å². The van der Waals surface area contributed by atoms with E-state index < -0.39 is 0 Å². The summed E-state index contributed by atoms with van der Waals surface area (Å²) in [5.41, 5.74) is 1.05. The van der Waals surface area contributed by atoms with E-state index in [1.807, 2.05) is 13.0 Å². The minimum atomic E-state index is -0.278. The highest BCUT2D eigenvalue weighted by Crippen LogP contribution is 2.16. The molecule has 0 spiro atoms. The quantitative estimate of drug-likeness (QED) is 0.740. The third kappa shape index (κ3) is 2.74. The van der Waals surface area contributed by atoms with Crippen LogP contribution in [0.3, 0.4) is 0 Å². The average molecular weight is 195 g/mol. The third-order valence-corrected chi connectivity index (χ3v) is 2.57. The summed E-state index contributed by atoms with van der Waals surface area (Å²) in [6.07, 6.45) is 0. The molecule has 0 aliphatic carbocycles. The van der Waals surface area contributed by atoms with Crippen molar-refractivity contribution in [1.82, 2.24) is 0 Å². The van der Waals surface area contributed by atoms with E-state index in [1.54, 1.807) is 23.9 Å². The number of rotatable bonds is 3. The van der Waals surface area contributed by atoms with Crippen molar-refractivity contribution in [2.24, 2.45) is 0 Å². The normalized spacial score (nSPS) is 9.62. The molecule has 0 atom stereocenters. The van der Waals surface area contributed by atoms with Crippen molar-refractivity contribution < 1.29 is 4.39 Å². The van der Waals surface area contributed by atoms with Gasteiger partial charge >= 0.3 is 0 Å². The molecule has 0 heterocycles. The van der Waals surface area contributed by atoms with E-state index in [-0.39, 0.29) is 5.82 Å². The minimum Gasteiger partial charge on any atom is -0.207 e. The van der Waals surface area contributed by atoms with E-state index in [1.165, 1.54) is 6.07 Å². The van der Waals surface area contributed by atoms with E-state index in [4.69, 9.17) is 5.26 Å². The molecule has 1 rings (SSSR count). The Morgan fingerprint density at radius 2 is 2.31 bits per heavy atom. The van der Waals surface area contributed by atoms with Crippen molar-refractivity contribution in [2.75, 3.05) is 5.75 Å². The molecule has 0 radical (unpaired) electrons. The van der Waals surface area contributed by atoms with Crippen LogP contribution in [-0.4, -0.2) is 5.75 Å². The molecule has 3 heteroatoms. The van der Waals surface area contributed by atoms with Gasteiger partial charge in [0.05, 0.1) is 11.6 Å². The number of nitrogens with zero attached hydrogens (tertiary/aromatic N) is 1. The second-order valence-electron chi connectivity index (χ2n) is 2.56. The lowest BCUT2D eigenvalue weighted by Gasteiger charge is -2.01. The van der Waals surface area contributed by atoms with Crippen molar-refractivity contribution in [3.05, 3.63) is 35.1 Å². The number of halogens is 1.